The van der Waals surface area contributed by atoms with Crippen molar-refractivity contribution < 1.29 is 31.1 Å². The smallest absolute Gasteiger partial charge is 0.422 e. The Morgan fingerprint density at radius 2 is 1.77 bits per heavy atom. The second-order valence-corrected chi connectivity index (χ2v) is 5.60. The van der Waals surface area contributed by atoms with Crippen molar-refractivity contribution in [1.29, 1.82) is 0 Å². The molecule has 138 valence electrons. The molecule has 12 heteroatoms. The normalized spacial score (nSPS) is 12.6. The first-order valence-electron chi connectivity index (χ1n) is 6.85. The van der Waals surface area contributed by atoms with Crippen LogP contribution < -0.4 is 4.74 Å². The van der Waals surface area contributed by atoms with E-state index in [1.165, 1.54) is 12.3 Å². The molecule has 0 fully saturated rings. The first-order valence-corrected chi connectivity index (χ1v) is 7.29. The fourth-order valence-electron chi connectivity index (χ4n) is 2.03. The van der Waals surface area contributed by atoms with Crippen LogP contribution in [0.5, 0.6) is 5.88 Å². The largest absolute Gasteiger partial charge is 0.468 e. The molecule has 0 saturated carbocycles. The molecule has 0 aliphatic rings. The summed E-state index contributed by atoms with van der Waals surface area (Å²) in [7, 11) is 0. The molecule has 0 spiro atoms. The van der Waals surface area contributed by atoms with Gasteiger partial charge in [-0.25, -0.2) is 9.97 Å². The zero-order valence-corrected chi connectivity index (χ0v) is 13.4. The second kappa shape index (κ2) is 6.34. The molecule has 0 radical (unpaired) electrons. The Bertz CT molecular complexity index is 953. The highest BCUT2D eigenvalue weighted by Crippen LogP contribution is 2.33. The summed E-state index contributed by atoms with van der Waals surface area (Å²) >= 11 is 3.99. The molecule has 0 saturated heterocycles. The monoisotopic (exact) mass is 394 g/mol. The Labute approximate surface area is 146 Å². The standard InChI is InChI=1S/C14H8F6N4OS/c15-13(16,17)5-25-10-2-7-8(4-21-10)24-12(23-7)11-9(26)1-6(3-22-11)14(18,19)20/h1-4,26H,5H2,(H,23,24). The van der Waals surface area contributed by atoms with Gasteiger partial charge in [0.2, 0.25) is 5.88 Å². The zero-order chi connectivity index (χ0) is 19.1. The summed E-state index contributed by atoms with van der Waals surface area (Å²) < 4.78 is 79.0. The van der Waals surface area contributed by atoms with Crippen molar-refractivity contribution in [3.8, 4) is 17.4 Å². The van der Waals surface area contributed by atoms with E-state index in [2.05, 4.69) is 37.3 Å². The highest BCUT2D eigenvalue weighted by molar-refractivity contribution is 7.80. The summed E-state index contributed by atoms with van der Waals surface area (Å²) in [4.78, 5) is 14.2. The van der Waals surface area contributed by atoms with Crippen LogP contribution >= 0.6 is 12.6 Å². The Hall–Kier alpha value is -2.50. The average molecular weight is 394 g/mol. The predicted octanol–water partition coefficient (Wildman–Crippen LogP) is 4.27. The first-order chi connectivity index (χ1) is 12.0. The van der Waals surface area contributed by atoms with Crippen molar-refractivity contribution >= 4 is 23.7 Å². The number of ether oxygens (including phenoxy) is 1. The van der Waals surface area contributed by atoms with Crippen LogP contribution in [0.1, 0.15) is 5.56 Å². The summed E-state index contributed by atoms with van der Waals surface area (Å²) in [5, 5.41) is 0. The zero-order valence-electron chi connectivity index (χ0n) is 12.5. The van der Waals surface area contributed by atoms with E-state index in [0.717, 1.165) is 6.07 Å². The molecule has 26 heavy (non-hydrogen) atoms. The summed E-state index contributed by atoms with van der Waals surface area (Å²) in [5.41, 5.74) is -0.363. The van der Waals surface area contributed by atoms with Crippen molar-refractivity contribution in [3.63, 3.8) is 0 Å². The fourth-order valence-corrected chi connectivity index (χ4v) is 2.33. The maximum absolute atomic E-state index is 12.7. The molecule has 0 bridgehead atoms. The SMILES string of the molecule is FC(F)(F)COc1cc2nc(-c3ncc(C(F)(F)F)cc3S)[nH]c2cn1. The Kier molecular flexibility index (Phi) is 4.46. The number of aromatic amines is 1. The van der Waals surface area contributed by atoms with Gasteiger partial charge in [0.15, 0.2) is 12.4 Å². The molecule has 3 rings (SSSR count). The molecule has 0 aliphatic carbocycles. The number of pyridine rings is 2. The van der Waals surface area contributed by atoms with Crippen LogP contribution in [0.15, 0.2) is 29.4 Å². The van der Waals surface area contributed by atoms with Crippen molar-refractivity contribution in [3.05, 3.63) is 30.1 Å². The number of hydrogen-bond donors (Lipinski definition) is 2. The van der Waals surface area contributed by atoms with Gasteiger partial charge in [0.1, 0.15) is 5.69 Å². The molecule has 3 aromatic rings. The average Bonchev–Trinajstić information content (AvgIpc) is 2.94. The van der Waals surface area contributed by atoms with Crippen LogP contribution in [-0.2, 0) is 6.18 Å². The number of nitrogens with zero attached hydrogens (tertiary/aromatic N) is 3. The Morgan fingerprint density at radius 1 is 1.04 bits per heavy atom. The number of halogens is 6. The molecule has 1 N–H and O–H groups in total. The third-order valence-corrected chi connectivity index (χ3v) is 3.49. The minimum absolute atomic E-state index is 0.0512. The van der Waals surface area contributed by atoms with Gasteiger partial charge < -0.3 is 9.72 Å². The van der Waals surface area contributed by atoms with Crippen LogP contribution in [0.25, 0.3) is 22.6 Å². The molecule has 0 aliphatic heterocycles. The molecular weight excluding hydrogens is 386 g/mol. The lowest BCUT2D eigenvalue weighted by Crippen LogP contribution is -2.19. The molecule has 3 heterocycles. The number of hydrogen-bond acceptors (Lipinski definition) is 5. The molecule has 0 atom stereocenters. The highest BCUT2D eigenvalue weighted by atomic mass is 32.1. The van der Waals surface area contributed by atoms with Crippen LogP contribution in [0.3, 0.4) is 0 Å². The number of alkyl halides is 6. The number of fused-ring (bicyclic) bond motifs is 1. The third-order valence-electron chi connectivity index (χ3n) is 3.15. The minimum atomic E-state index is -4.56. The maximum atomic E-state index is 12.7. The van der Waals surface area contributed by atoms with Crippen molar-refractivity contribution in [2.45, 2.75) is 17.2 Å². The molecule has 0 unspecified atom stereocenters. The van der Waals surface area contributed by atoms with E-state index in [-0.39, 0.29) is 27.8 Å². The summed E-state index contributed by atoms with van der Waals surface area (Å²) in [6.45, 7) is -1.51. The van der Waals surface area contributed by atoms with Gasteiger partial charge in [0.05, 0.1) is 22.8 Å². The minimum Gasteiger partial charge on any atom is -0.468 e. The van der Waals surface area contributed by atoms with Gasteiger partial charge in [-0.1, -0.05) is 0 Å². The van der Waals surface area contributed by atoms with E-state index in [0.29, 0.717) is 11.7 Å². The number of thiol groups is 1. The highest BCUT2D eigenvalue weighted by Gasteiger charge is 2.32. The molecular formula is C14H8F6N4OS. The van der Waals surface area contributed by atoms with E-state index >= 15 is 0 Å². The lowest BCUT2D eigenvalue weighted by atomic mass is 10.2. The van der Waals surface area contributed by atoms with Crippen molar-refractivity contribution in [2.24, 2.45) is 0 Å². The topological polar surface area (TPSA) is 63.7 Å². The first kappa shape index (κ1) is 18.3. The lowest BCUT2D eigenvalue weighted by Gasteiger charge is -2.08. The number of imidazole rings is 1. The molecule has 5 nitrogen and oxygen atoms in total. The Balaban J connectivity index is 1.92. The fraction of sp³-hybridized carbons (Fsp3) is 0.214. The van der Waals surface area contributed by atoms with E-state index in [1.807, 2.05) is 0 Å². The van der Waals surface area contributed by atoms with Gasteiger partial charge in [-0.2, -0.15) is 26.3 Å². The summed E-state index contributed by atoms with van der Waals surface area (Å²) in [5.74, 6) is -0.201. The molecule has 0 aromatic carbocycles. The van der Waals surface area contributed by atoms with Gasteiger partial charge in [-0.05, 0) is 6.07 Å². The van der Waals surface area contributed by atoms with E-state index < -0.39 is 24.5 Å². The molecule has 3 aromatic heterocycles. The molecule has 0 amide bonds. The summed E-state index contributed by atoms with van der Waals surface area (Å²) in [6.07, 6.45) is -7.25. The maximum Gasteiger partial charge on any atom is 0.422 e. The quantitative estimate of drug-likeness (QED) is 0.515. The van der Waals surface area contributed by atoms with Crippen LogP contribution in [0, 0.1) is 0 Å². The lowest BCUT2D eigenvalue weighted by molar-refractivity contribution is -0.154. The summed E-state index contributed by atoms with van der Waals surface area (Å²) in [6, 6.07) is 1.97. The number of aromatic nitrogens is 4. The van der Waals surface area contributed by atoms with Gasteiger partial charge >= 0.3 is 12.4 Å². The van der Waals surface area contributed by atoms with Gasteiger partial charge in [0.25, 0.3) is 0 Å². The van der Waals surface area contributed by atoms with Crippen molar-refractivity contribution in [2.75, 3.05) is 6.61 Å². The van der Waals surface area contributed by atoms with Gasteiger partial charge in [-0.15, -0.1) is 12.6 Å². The predicted molar refractivity (Wildman–Crippen MR) is 80.9 cm³/mol. The van der Waals surface area contributed by atoms with E-state index in [9.17, 15) is 26.3 Å². The van der Waals surface area contributed by atoms with E-state index in [4.69, 9.17) is 0 Å². The number of rotatable bonds is 3. The second-order valence-electron chi connectivity index (χ2n) is 5.12. The van der Waals surface area contributed by atoms with Crippen LogP contribution in [-0.4, -0.2) is 32.7 Å². The number of nitrogens with one attached hydrogen (secondary N) is 1. The van der Waals surface area contributed by atoms with Crippen LogP contribution in [0.2, 0.25) is 0 Å². The number of H-pyrrole nitrogens is 1. The van der Waals surface area contributed by atoms with Gasteiger partial charge in [-0.3, -0.25) is 4.98 Å². The van der Waals surface area contributed by atoms with Gasteiger partial charge in [0, 0.05) is 17.2 Å². The third kappa shape index (κ3) is 4.00. The Morgan fingerprint density at radius 3 is 2.38 bits per heavy atom. The van der Waals surface area contributed by atoms with Crippen LogP contribution in [0.4, 0.5) is 26.3 Å². The van der Waals surface area contributed by atoms with E-state index in [1.54, 1.807) is 0 Å². The van der Waals surface area contributed by atoms with Crippen molar-refractivity contribution in [1.82, 2.24) is 19.9 Å².